The van der Waals surface area contributed by atoms with E-state index < -0.39 is 11.7 Å². The Kier molecular flexibility index (Phi) is 4.08. The summed E-state index contributed by atoms with van der Waals surface area (Å²) in [6, 6.07) is 3.14. The maximum atomic E-state index is 12.4. The molecule has 0 unspecified atom stereocenters. The summed E-state index contributed by atoms with van der Waals surface area (Å²) in [5.41, 5.74) is -0.378. The summed E-state index contributed by atoms with van der Waals surface area (Å²) in [4.78, 5) is 0. The third-order valence-electron chi connectivity index (χ3n) is 1.82. The van der Waals surface area contributed by atoms with Gasteiger partial charge in [-0.3, -0.25) is 0 Å². The van der Waals surface area contributed by atoms with Crippen molar-refractivity contribution in [1.82, 2.24) is 0 Å². The van der Waals surface area contributed by atoms with E-state index in [1.807, 2.05) is 0 Å². The number of alkyl halides is 4. The van der Waals surface area contributed by atoms with Crippen molar-refractivity contribution in [1.29, 1.82) is 0 Å². The Bertz CT molecular complexity index is 429. The highest BCUT2D eigenvalue weighted by atomic mass is 35.5. The topological polar surface area (TPSA) is 9.23 Å². The number of hydrogen-bond donors (Lipinski definition) is 0. The van der Waals surface area contributed by atoms with Crippen molar-refractivity contribution in [3.63, 3.8) is 0 Å². The lowest BCUT2D eigenvalue weighted by Crippen LogP contribution is -2.05. The van der Waals surface area contributed by atoms with E-state index in [1.165, 1.54) is 13.2 Å². The van der Waals surface area contributed by atoms with Gasteiger partial charge in [-0.2, -0.15) is 13.2 Å². The highest BCUT2D eigenvalue weighted by Gasteiger charge is 2.31. The molecule has 0 aromatic heterocycles. The van der Waals surface area contributed by atoms with Crippen LogP contribution in [-0.2, 0) is 6.18 Å². The minimum absolute atomic E-state index is 0.0902. The lowest BCUT2D eigenvalue weighted by atomic mass is 10.1. The Balaban J connectivity index is 3.17. The van der Waals surface area contributed by atoms with Crippen LogP contribution in [0.2, 0.25) is 0 Å². The summed E-state index contributed by atoms with van der Waals surface area (Å²) in [6.07, 6.45) is -4.38. The average molecular weight is 249 g/mol. The molecule has 0 saturated carbocycles. The molecular formula is C11H8ClF3O. The first-order chi connectivity index (χ1) is 7.49. The molecule has 0 atom stereocenters. The van der Waals surface area contributed by atoms with Crippen LogP contribution in [0.25, 0.3) is 0 Å². The van der Waals surface area contributed by atoms with Crippen molar-refractivity contribution in [2.75, 3.05) is 13.0 Å². The van der Waals surface area contributed by atoms with E-state index in [0.717, 1.165) is 12.1 Å². The van der Waals surface area contributed by atoms with Gasteiger partial charge in [-0.1, -0.05) is 11.8 Å². The van der Waals surface area contributed by atoms with E-state index >= 15 is 0 Å². The first-order valence-corrected chi connectivity index (χ1v) is 4.82. The normalized spacial score (nSPS) is 10.6. The zero-order valence-corrected chi connectivity index (χ0v) is 9.12. The minimum Gasteiger partial charge on any atom is -0.495 e. The van der Waals surface area contributed by atoms with Crippen LogP contribution in [0.1, 0.15) is 11.1 Å². The van der Waals surface area contributed by atoms with Gasteiger partial charge in [-0.15, -0.1) is 11.6 Å². The fourth-order valence-corrected chi connectivity index (χ4v) is 1.17. The molecule has 0 aliphatic rings. The highest BCUT2D eigenvalue weighted by Crippen LogP contribution is 2.32. The summed E-state index contributed by atoms with van der Waals surface area (Å²) in [5, 5.41) is 0. The maximum Gasteiger partial charge on any atom is 0.416 e. The molecule has 0 aliphatic carbocycles. The van der Waals surface area contributed by atoms with E-state index in [2.05, 4.69) is 11.8 Å². The fourth-order valence-electron chi connectivity index (χ4n) is 1.10. The van der Waals surface area contributed by atoms with Crippen LogP contribution in [0.4, 0.5) is 13.2 Å². The molecule has 16 heavy (non-hydrogen) atoms. The number of ether oxygens (including phenoxy) is 1. The molecule has 1 rings (SSSR count). The summed E-state index contributed by atoms with van der Waals surface area (Å²) >= 11 is 5.36. The van der Waals surface area contributed by atoms with Gasteiger partial charge in [-0.25, -0.2) is 0 Å². The van der Waals surface area contributed by atoms with Crippen LogP contribution >= 0.6 is 11.6 Å². The van der Waals surface area contributed by atoms with Gasteiger partial charge in [-0.05, 0) is 18.2 Å². The predicted octanol–water partition coefficient (Wildman–Crippen LogP) is 3.30. The Morgan fingerprint density at radius 1 is 1.38 bits per heavy atom. The van der Waals surface area contributed by atoms with Crippen LogP contribution in [0, 0.1) is 11.8 Å². The molecule has 0 aliphatic heterocycles. The third-order valence-corrected chi connectivity index (χ3v) is 1.95. The molecule has 0 spiro atoms. The van der Waals surface area contributed by atoms with Gasteiger partial charge >= 0.3 is 6.18 Å². The molecule has 86 valence electrons. The quantitative estimate of drug-likeness (QED) is 0.547. The van der Waals surface area contributed by atoms with Crippen molar-refractivity contribution in [2.45, 2.75) is 6.18 Å². The zero-order valence-electron chi connectivity index (χ0n) is 8.36. The largest absolute Gasteiger partial charge is 0.495 e. The first kappa shape index (κ1) is 12.7. The Morgan fingerprint density at radius 2 is 2.06 bits per heavy atom. The summed E-state index contributed by atoms with van der Waals surface area (Å²) in [6.45, 7) is 0. The predicted molar refractivity (Wildman–Crippen MR) is 55.6 cm³/mol. The molecule has 1 aromatic carbocycles. The van der Waals surface area contributed by atoms with E-state index in [9.17, 15) is 13.2 Å². The van der Waals surface area contributed by atoms with Crippen LogP contribution in [-0.4, -0.2) is 13.0 Å². The molecule has 0 saturated heterocycles. The van der Waals surface area contributed by atoms with Crippen molar-refractivity contribution in [3.05, 3.63) is 29.3 Å². The van der Waals surface area contributed by atoms with E-state index in [-0.39, 0.29) is 11.6 Å². The van der Waals surface area contributed by atoms with Crippen molar-refractivity contribution in [2.24, 2.45) is 0 Å². The van der Waals surface area contributed by atoms with E-state index in [0.29, 0.717) is 5.56 Å². The molecule has 1 aromatic rings. The minimum atomic E-state index is -4.38. The van der Waals surface area contributed by atoms with Gasteiger partial charge in [0.2, 0.25) is 0 Å². The lowest BCUT2D eigenvalue weighted by Gasteiger charge is -2.09. The second-order valence-corrected chi connectivity index (χ2v) is 3.12. The molecule has 0 amide bonds. The molecule has 0 radical (unpaired) electrons. The van der Waals surface area contributed by atoms with Crippen LogP contribution in [0.15, 0.2) is 18.2 Å². The van der Waals surface area contributed by atoms with Gasteiger partial charge < -0.3 is 4.74 Å². The highest BCUT2D eigenvalue weighted by molar-refractivity contribution is 6.19. The SMILES string of the molecule is COc1cc(C(F)(F)F)ccc1C#CCCl. The van der Waals surface area contributed by atoms with Crippen molar-refractivity contribution < 1.29 is 17.9 Å². The molecule has 1 nitrogen and oxygen atoms in total. The van der Waals surface area contributed by atoms with Crippen LogP contribution < -0.4 is 4.74 Å². The Labute approximate surface area is 96.2 Å². The number of hydrogen-bond acceptors (Lipinski definition) is 1. The maximum absolute atomic E-state index is 12.4. The van der Waals surface area contributed by atoms with Crippen LogP contribution in [0.5, 0.6) is 5.75 Å². The van der Waals surface area contributed by atoms with Crippen molar-refractivity contribution >= 4 is 11.6 Å². The molecule has 0 N–H and O–H groups in total. The number of benzene rings is 1. The molecule has 0 fully saturated rings. The standard InChI is InChI=1S/C11H8ClF3O/c1-16-10-7-9(11(13,14)15)5-4-8(10)3-2-6-12/h4-5,7H,6H2,1H3. The van der Waals surface area contributed by atoms with Gasteiger partial charge in [0.1, 0.15) is 5.75 Å². The van der Waals surface area contributed by atoms with Gasteiger partial charge in [0.25, 0.3) is 0 Å². The van der Waals surface area contributed by atoms with Gasteiger partial charge in [0.15, 0.2) is 0 Å². The number of halogens is 4. The van der Waals surface area contributed by atoms with Crippen molar-refractivity contribution in [3.8, 4) is 17.6 Å². The monoisotopic (exact) mass is 248 g/mol. The van der Waals surface area contributed by atoms with E-state index in [1.54, 1.807) is 0 Å². The second-order valence-electron chi connectivity index (χ2n) is 2.85. The number of methoxy groups -OCH3 is 1. The summed E-state index contributed by atoms with van der Waals surface area (Å²) < 4.78 is 42.0. The summed E-state index contributed by atoms with van der Waals surface area (Å²) in [7, 11) is 1.29. The Morgan fingerprint density at radius 3 is 2.56 bits per heavy atom. The molecule has 0 bridgehead atoms. The van der Waals surface area contributed by atoms with E-state index in [4.69, 9.17) is 16.3 Å². The van der Waals surface area contributed by atoms with Crippen LogP contribution in [0.3, 0.4) is 0 Å². The molecule has 0 heterocycles. The molecule has 5 heteroatoms. The zero-order chi connectivity index (χ0) is 12.2. The molecular weight excluding hydrogens is 241 g/mol. The third kappa shape index (κ3) is 3.07. The number of rotatable bonds is 1. The second kappa shape index (κ2) is 5.13. The first-order valence-electron chi connectivity index (χ1n) is 4.29. The Hall–Kier alpha value is -1.34. The van der Waals surface area contributed by atoms with Gasteiger partial charge in [0, 0.05) is 0 Å². The smallest absolute Gasteiger partial charge is 0.416 e. The fraction of sp³-hybridized carbons (Fsp3) is 0.273. The average Bonchev–Trinajstić information content (AvgIpc) is 2.24. The summed E-state index contributed by atoms with van der Waals surface area (Å²) in [5.74, 6) is 5.38. The van der Waals surface area contributed by atoms with Gasteiger partial charge in [0.05, 0.1) is 24.1 Å². The lowest BCUT2D eigenvalue weighted by molar-refractivity contribution is -0.137.